The highest BCUT2D eigenvalue weighted by atomic mass is 16.6. The van der Waals surface area contributed by atoms with E-state index in [2.05, 4.69) is 5.32 Å². The van der Waals surface area contributed by atoms with Crippen LogP contribution in [-0.4, -0.2) is 79.1 Å². The van der Waals surface area contributed by atoms with Crippen LogP contribution in [0.4, 0.5) is 5.69 Å². The number of amides is 1. The molecule has 0 bridgehead atoms. The summed E-state index contributed by atoms with van der Waals surface area (Å²) in [6, 6.07) is 7.19. The van der Waals surface area contributed by atoms with Gasteiger partial charge in [0.05, 0.1) is 59.5 Å². The maximum Gasteiger partial charge on any atom is 0.221 e. The van der Waals surface area contributed by atoms with Crippen molar-refractivity contribution in [2.24, 2.45) is 0 Å². The van der Waals surface area contributed by atoms with Gasteiger partial charge < -0.3 is 33.7 Å². The summed E-state index contributed by atoms with van der Waals surface area (Å²) in [6.07, 6.45) is 0. The van der Waals surface area contributed by atoms with E-state index in [9.17, 15) is 4.79 Å². The number of benzene rings is 1. The van der Waals surface area contributed by atoms with Gasteiger partial charge in [-0.2, -0.15) is 0 Å². The van der Waals surface area contributed by atoms with Crippen LogP contribution in [0.1, 0.15) is 6.92 Å². The average molecular weight is 385 g/mol. The first kappa shape index (κ1) is 23.3. The molecule has 0 aliphatic heterocycles. The Hall–Kier alpha value is -1.71. The Balaban J connectivity index is 1.84. The van der Waals surface area contributed by atoms with Crippen molar-refractivity contribution in [1.82, 2.24) is 0 Å². The summed E-state index contributed by atoms with van der Waals surface area (Å²) in [6.45, 7) is 6.76. The molecule has 0 fully saturated rings. The molecule has 0 aliphatic carbocycles. The van der Waals surface area contributed by atoms with Crippen LogP contribution < -0.4 is 10.1 Å². The molecule has 0 spiro atoms. The van der Waals surface area contributed by atoms with Gasteiger partial charge in [-0.1, -0.05) is 0 Å². The summed E-state index contributed by atoms with van der Waals surface area (Å²) in [5, 5.41) is 2.70. The number of methoxy groups -OCH3 is 1. The molecular formula is C19H31NO7. The molecule has 1 aromatic carbocycles. The summed E-state index contributed by atoms with van der Waals surface area (Å²) >= 11 is 0. The summed E-state index contributed by atoms with van der Waals surface area (Å²) in [5.74, 6) is 0.630. The lowest BCUT2D eigenvalue weighted by Crippen LogP contribution is -2.14. The minimum absolute atomic E-state index is 0.0992. The van der Waals surface area contributed by atoms with Crippen LogP contribution in [-0.2, 0) is 28.5 Å². The van der Waals surface area contributed by atoms with Gasteiger partial charge in [-0.25, -0.2) is 0 Å². The Morgan fingerprint density at radius 1 is 0.741 bits per heavy atom. The van der Waals surface area contributed by atoms with Gasteiger partial charge in [0.1, 0.15) is 12.4 Å². The summed E-state index contributed by atoms with van der Waals surface area (Å²) in [7, 11) is 1.64. The largest absolute Gasteiger partial charge is 0.491 e. The van der Waals surface area contributed by atoms with Gasteiger partial charge in [0.15, 0.2) is 0 Å². The van der Waals surface area contributed by atoms with Crippen molar-refractivity contribution in [2.45, 2.75) is 6.92 Å². The summed E-state index contributed by atoms with van der Waals surface area (Å²) in [5.41, 5.74) is 0.742. The second-order valence-corrected chi connectivity index (χ2v) is 5.50. The van der Waals surface area contributed by atoms with E-state index in [1.165, 1.54) is 6.92 Å². The van der Waals surface area contributed by atoms with Crippen LogP contribution in [0.25, 0.3) is 0 Å². The first-order valence-electron chi connectivity index (χ1n) is 9.02. The first-order chi connectivity index (χ1) is 13.2. The number of rotatable bonds is 17. The standard InChI is InChI=1S/C19H31NO7/c1-17(21)20-18-3-5-19(6-4-18)27-16-15-26-14-13-25-12-11-24-10-9-23-8-7-22-2/h3-6H,7-16H2,1-2H3,(H,20,21). The van der Waals surface area contributed by atoms with Gasteiger partial charge in [0.25, 0.3) is 0 Å². The lowest BCUT2D eigenvalue weighted by atomic mass is 10.3. The quantitative estimate of drug-likeness (QED) is 0.409. The fraction of sp³-hybridized carbons (Fsp3) is 0.632. The molecule has 0 saturated heterocycles. The zero-order chi connectivity index (χ0) is 19.6. The van der Waals surface area contributed by atoms with Gasteiger partial charge in [0, 0.05) is 19.7 Å². The zero-order valence-corrected chi connectivity index (χ0v) is 16.2. The number of ether oxygens (including phenoxy) is 6. The minimum atomic E-state index is -0.0992. The molecular weight excluding hydrogens is 354 g/mol. The third-order valence-corrected chi connectivity index (χ3v) is 3.22. The Morgan fingerprint density at radius 2 is 1.19 bits per heavy atom. The molecule has 0 aromatic heterocycles. The predicted octanol–water partition coefficient (Wildman–Crippen LogP) is 1.74. The molecule has 154 valence electrons. The Kier molecular flexibility index (Phi) is 14.2. The lowest BCUT2D eigenvalue weighted by molar-refractivity contribution is -0.114. The second kappa shape index (κ2) is 16.5. The van der Waals surface area contributed by atoms with Crippen LogP contribution in [0.5, 0.6) is 5.75 Å². The molecule has 0 heterocycles. The van der Waals surface area contributed by atoms with Crippen molar-refractivity contribution < 1.29 is 33.2 Å². The van der Waals surface area contributed by atoms with E-state index in [4.69, 9.17) is 28.4 Å². The fourth-order valence-electron chi connectivity index (χ4n) is 1.96. The SMILES string of the molecule is COCCOCCOCCOCCOCCOc1ccc(NC(C)=O)cc1. The Bertz CT molecular complexity index is 481. The number of hydrogen-bond acceptors (Lipinski definition) is 7. The minimum Gasteiger partial charge on any atom is -0.491 e. The number of carbonyl (C=O) groups excluding carboxylic acids is 1. The number of carbonyl (C=O) groups is 1. The second-order valence-electron chi connectivity index (χ2n) is 5.50. The van der Waals surface area contributed by atoms with Gasteiger partial charge in [-0.05, 0) is 24.3 Å². The molecule has 1 N–H and O–H groups in total. The van der Waals surface area contributed by atoms with Crippen LogP contribution in [0, 0.1) is 0 Å². The molecule has 1 amide bonds. The molecule has 1 rings (SSSR count). The van der Waals surface area contributed by atoms with Crippen LogP contribution in [0.3, 0.4) is 0 Å². The molecule has 0 unspecified atom stereocenters. The maximum atomic E-state index is 10.9. The predicted molar refractivity (Wildman–Crippen MR) is 101 cm³/mol. The first-order valence-corrected chi connectivity index (χ1v) is 9.02. The highest BCUT2D eigenvalue weighted by Crippen LogP contribution is 2.15. The maximum absolute atomic E-state index is 10.9. The zero-order valence-electron chi connectivity index (χ0n) is 16.2. The average Bonchev–Trinajstić information content (AvgIpc) is 2.66. The van der Waals surface area contributed by atoms with E-state index < -0.39 is 0 Å². The van der Waals surface area contributed by atoms with Gasteiger partial charge in [0.2, 0.25) is 5.91 Å². The molecule has 0 radical (unpaired) electrons. The molecule has 27 heavy (non-hydrogen) atoms. The van der Waals surface area contributed by atoms with Crippen molar-refractivity contribution in [3.8, 4) is 5.75 Å². The van der Waals surface area contributed by atoms with E-state index in [0.717, 1.165) is 11.4 Å². The van der Waals surface area contributed by atoms with E-state index in [1.807, 2.05) is 0 Å². The van der Waals surface area contributed by atoms with E-state index >= 15 is 0 Å². The van der Waals surface area contributed by atoms with E-state index in [0.29, 0.717) is 66.1 Å². The number of anilines is 1. The molecule has 8 heteroatoms. The van der Waals surface area contributed by atoms with Crippen LogP contribution in [0.15, 0.2) is 24.3 Å². The van der Waals surface area contributed by atoms with Crippen molar-refractivity contribution in [2.75, 3.05) is 78.5 Å². The van der Waals surface area contributed by atoms with Gasteiger partial charge in [-0.3, -0.25) is 4.79 Å². The van der Waals surface area contributed by atoms with Gasteiger partial charge in [-0.15, -0.1) is 0 Å². The monoisotopic (exact) mass is 385 g/mol. The molecule has 0 atom stereocenters. The third-order valence-electron chi connectivity index (χ3n) is 3.22. The van der Waals surface area contributed by atoms with Crippen molar-refractivity contribution >= 4 is 11.6 Å². The van der Waals surface area contributed by atoms with Crippen molar-refractivity contribution in [3.05, 3.63) is 24.3 Å². The highest BCUT2D eigenvalue weighted by molar-refractivity contribution is 5.88. The normalized spacial score (nSPS) is 10.7. The van der Waals surface area contributed by atoms with E-state index in [-0.39, 0.29) is 5.91 Å². The number of hydrogen-bond donors (Lipinski definition) is 1. The highest BCUT2D eigenvalue weighted by Gasteiger charge is 1.98. The Labute approximate surface area is 161 Å². The summed E-state index contributed by atoms with van der Waals surface area (Å²) < 4.78 is 31.9. The van der Waals surface area contributed by atoms with Crippen molar-refractivity contribution in [1.29, 1.82) is 0 Å². The van der Waals surface area contributed by atoms with E-state index in [1.54, 1.807) is 31.4 Å². The molecule has 1 aromatic rings. The molecule has 0 aliphatic rings. The van der Waals surface area contributed by atoms with Gasteiger partial charge >= 0.3 is 0 Å². The van der Waals surface area contributed by atoms with Crippen LogP contribution >= 0.6 is 0 Å². The Morgan fingerprint density at radius 3 is 1.63 bits per heavy atom. The molecule has 0 saturated carbocycles. The molecule has 8 nitrogen and oxygen atoms in total. The van der Waals surface area contributed by atoms with Crippen molar-refractivity contribution in [3.63, 3.8) is 0 Å². The third kappa shape index (κ3) is 14.1. The fourth-order valence-corrected chi connectivity index (χ4v) is 1.96. The van der Waals surface area contributed by atoms with Crippen LogP contribution in [0.2, 0.25) is 0 Å². The smallest absolute Gasteiger partial charge is 0.221 e. The lowest BCUT2D eigenvalue weighted by Gasteiger charge is -2.09. The topological polar surface area (TPSA) is 84.5 Å². The summed E-state index contributed by atoms with van der Waals surface area (Å²) in [4.78, 5) is 10.9. The number of nitrogens with one attached hydrogen (secondary N) is 1.